The highest BCUT2D eigenvalue weighted by Crippen LogP contribution is 2.58. The van der Waals surface area contributed by atoms with E-state index in [1.807, 2.05) is 0 Å². The maximum absolute atomic E-state index is 16.0. The van der Waals surface area contributed by atoms with E-state index in [-0.39, 0.29) is 33.0 Å². The average molecular weight is 727 g/mol. The lowest BCUT2D eigenvalue weighted by atomic mass is 10.1. The second kappa shape index (κ2) is 11.6. The molecular weight excluding hydrogens is 705 g/mol. The molecule has 2 unspecified atom stereocenters. The highest BCUT2D eigenvalue weighted by atomic mass is 35.5. The quantitative estimate of drug-likeness (QED) is 0.145. The van der Waals surface area contributed by atoms with Crippen LogP contribution in [0.2, 0.25) is 5.02 Å². The molecule has 7 rings (SSSR count). The van der Waals surface area contributed by atoms with Crippen LogP contribution in [0.5, 0.6) is 0 Å². The predicted octanol–water partition coefficient (Wildman–Crippen LogP) is 1.37. The summed E-state index contributed by atoms with van der Waals surface area (Å²) < 4.78 is 66.1. The molecule has 0 radical (unpaired) electrons. The summed E-state index contributed by atoms with van der Waals surface area (Å²) in [6.45, 7) is -9.88. The zero-order valence-corrected chi connectivity index (χ0v) is 26.5. The molecular formula is C21H22ClFN8O10P2S2. The molecule has 3 aliphatic heterocycles. The maximum atomic E-state index is 16.0. The average Bonchev–Trinajstić information content (AvgIpc) is 3.71. The van der Waals surface area contributed by atoms with Crippen molar-refractivity contribution in [2.75, 3.05) is 18.9 Å². The number of aliphatic hydroxyl groups is 1. The third-order valence-electron chi connectivity index (χ3n) is 7.40. The first-order valence-corrected chi connectivity index (χ1v) is 18.6. The highest BCUT2D eigenvalue weighted by Gasteiger charge is 2.53. The first kappa shape index (κ1) is 31.5. The van der Waals surface area contributed by atoms with Crippen LogP contribution in [-0.4, -0.2) is 94.0 Å². The van der Waals surface area contributed by atoms with Crippen LogP contribution in [0.15, 0.2) is 30.0 Å². The molecule has 4 aromatic heterocycles. The number of hydrogen-bond donors (Lipinski definition) is 5. The number of thiol groups is 1. The van der Waals surface area contributed by atoms with Crippen LogP contribution in [0.4, 0.5) is 10.2 Å². The Bertz CT molecular complexity index is 1950. The zero-order chi connectivity index (χ0) is 31.8. The van der Waals surface area contributed by atoms with Crippen molar-refractivity contribution in [3.63, 3.8) is 0 Å². The van der Waals surface area contributed by atoms with Gasteiger partial charge in [-0.25, -0.2) is 28.9 Å². The summed E-state index contributed by atoms with van der Waals surface area (Å²) in [5, 5.41) is 11.2. The number of nitrogens with two attached hydrogens (primary N) is 1. The second-order valence-corrected chi connectivity index (χ2v) is 16.2. The van der Waals surface area contributed by atoms with Crippen molar-refractivity contribution in [1.29, 1.82) is 0 Å². The summed E-state index contributed by atoms with van der Waals surface area (Å²) in [6, 6.07) is 0. The van der Waals surface area contributed by atoms with Gasteiger partial charge < -0.3 is 39.3 Å². The number of aromatic nitrogens is 7. The Hall–Kier alpha value is -2.10. The molecule has 0 amide bonds. The molecule has 242 valence electrons. The number of aromatic amines is 1. The molecule has 24 heteroatoms. The van der Waals surface area contributed by atoms with Crippen molar-refractivity contribution in [3.8, 4) is 0 Å². The topological polar surface area (TPSA) is 233 Å². The molecule has 45 heavy (non-hydrogen) atoms. The van der Waals surface area contributed by atoms with Crippen LogP contribution in [0.3, 0.4) is 0 Å². The van der Waals surface area contributed by atoms with Crippen LogP contribution >= 0.6 is 37.4 Å². The predicted molar refractivity (Wildman–Crippen MR) is 159 cm³/mol. The molecule has 18 nitrogen and oxygen atoms in total. The number of rotatable bonds is 2. The molecule has 7 heterocycles. The third-order valence-corrected chi connectivity index (χ3v) is 10.9. The van der Waals surface area contributed by atoms with E-state index in [0.717, 1.165) is 12.7 Å². The van der Waals surface area contributed by atoms with Gasteiger partial charge in [0.25, 0.3) is 5.56 Å². The summed E-state index contributed by atoms with van der Waals surface area (Å²) >= 11 is 15.5. The minimum absolute atomic E-state index is 0.00874. The molecule has 10 atom stereocenters. The number of hydrogen-bond acceptors (Lipinski definition) is 15. The van der Waals surface area contributed by atoms with Gasteiger partial charge in [0.2, 0.25) is 0 Å². The summed E-state index contributed by atoms with van der Waals surface area (Å²) in [5.41, 5.74) is 5.71. The fraction of sp³-hybridized carbons (Fsp3) is 0.476. The number of aliphatic hydroxyl groups excluding tert-OH is 1. The molecule has 4 aromatic rings. The molecule has 0 saturated carbocycles. The Morgan fingerprint density at radius 1 is 1.09 bits per heavy atom. The van der Waals surface area contributed by atoms with Gasteiger partial charge >= 0.3 is 13.5 Å². The SMILES string of the molecule is Nc1ncnc2c1ncn2[C@H]1O[C@@H]2COP(=O)(S)O[C@@H]3[C@H](O)[C@@H](COP(O)(=S)O[C@H]2[C@H]1F)O[C@H]3n1cc(Cl)c2c(=O)[nH]cnc21. The van der Waals surface area contributed by atoms with Crippen molar-refractivity contribution < 1.29 is 46.5 Å². The van der Waals surface area contributed by atoms with E-state index >= 15 is 4.39 Å². The fourth-order valence-corrected chi connectivity index (χ4v) is 8.55. The number of nitrogens with one attached hydrogen (secondary N) is 1. The first-order valence-electron chi connectivity index (χ1n) is 12.9. The van der Waals surface area contributed by atoms with Crippen LogP contribution in [0.1, 0.15) is 12.5 Å². The normalized spacial score (nSPS) is 37.7. The van der Waals surface area contributed by atoms with Crippen LogP contribution in [0, 0.1) is 0 Å². The maximum Gasteiger partial charge on any atom is 0.386 e. The number of nitrogen functional groups attached to an aromatic ring is 1. The Balaban J connectivity index is 1.21. The Morgan fingerprint density at radius 3 is 2.64 bits per heavy atom. The van der Waals surface area contributed by atoms with Crippen LogP contribution in [0.25, 0.3) is 22.2 Å². The van der Waals surface area contributed by atoms with Gasteiger partial charge in [-0.3, -0.25) is 22.9 Å². The Morgan fingerprint density at radius 2 is 1.84 bits per heavy atom. The van der Waals surface area contributed by atoms with Crippen molar-refractivity contribution >= 4 is 77.2 Å². The smallest absolute Gasteiger partial charge is 0.386 e. The lowest BCUT2D eigenvalue weighted by Crippen LogP contribution is -2.35. The van der Waals surface area contributed by atoms with E-state index in [9.17, 15) is 19.4 Å². The molecule has 2 bridgehead atoms. The summed E-state index contributed by atoms with van der Waals surface area (Å²) in [6.07, 6.45) is -7.18. The van der Waals surface area contributed by atoms with Crippen LogP contribution in [-0.2, 0) is 43.9 Å². The third kappa shape index (κ3) is 5.62. The van der Waals surface area contributed by atoms with Gasteiger partial charge in [-0.15, -0.1) is 0 Å². The van der Waals surface area contributed by atoms with E-state index in [4.69, 9.17) is 56.7 Å². The molecule has 0 aliphatic carbocycles. The van der Waals surface area contributed by atoms with E-state index in [2.05, 4.69) is 37.2 Å². The minimum Gasteiger partial charge on any atom is -0.387 e. The Kier molecular flexibility index (Phi) is 8.08. The van der Waals surface area contributed by atoms with E-state index in [1.54, 1.807) is 0 Å². The van der Waals surface area contributed by atoms with E-state index < -0.39 is 81.4 Å². The molecule has 3 saturated heterocycles. The standard InChI is InChI=1S/C21H22ClFN8O10P2S2/c22-7-1-30(17-10(7)19(33)28-5-26-17)21-15-13(32)8(38-21)2-36-42(34,44)40-14-9(3-37-43(35,45)41-15)39-20(11(14)23)31-6-29-12-16(24)25-4-27-18(12)31/h1,4-6,8-9,11,13-15,20-21,32H,2-3H2,(H,34,44)(H,35,45)(H2,24,25,27)(H,26,28,33)/t8-,9-,11-,13-,14-,15-,20+,21-,42?,43?/m1/s1. The first-order chi connectivity index (χ1) is 21.3. The molecule has 3 aliphatic rings. The molecule has 0 spiro atoms. The van der Waals surface area contributed by atoms with Crippen molar-refractivity contribution in [2.24, 2.45) is 0 Å². The van der Waals surface area contributed by atoms with Gasteiger partial charge in [0, 0.05) is 6.20 Å². The summed E-state index contributed by atoms with van der Waals surface area (Å²) in [7, 11) is 0. The number of nitrogens with zero attached hydrogens (tertiary/aromatic N) is 6. The van der Waals surface area contributed by atoms with Crippen LogP contribution < -0.4 is 11.3 Å². The molecule has 0 aromatic carbocycles. The van der Waals surface area contributed by atoms with E-state index in [0.29, 0.717) is 0 Å². The monoisotopic (exact) mass is 726 g/mol. The number of H-pyrrole nitrogens is 1. The number of imidazole rings is 1. The molecule has 3 fully saturated rings. The minimum atomic E-state index is -4.40. The zero-order valence-electron chi connectivity index (χ0n) is 22.3. The lowest BCUT2D eigenvalue weighted by Gasteiger charge is -2.27. The fourth-order valence-electron chi connectivity index (χ4n) is 5.37. The second-order valence-electron chi connectivity index (χ2n) is 10.1. The number of alkyl halides is 1. The number of halogens is 2. The number of anilines is 1. The Labute approximate surface area is 265 Å². The van der Waals surface area contributed by atoms with Crippen molar-refractivity contribution in [1.82, 2.24) is 34.1 Å². The number of fused-ring (bicyclic) bond motifs is 5. The number of ether oxygens (including phenoxy) is 2. The van der Waals surface area contributed by atoms with Crippen molar-refractivity contribution in [2.45, 2.75) is 49.1 Å². The van der Waals surface area contributed by atoms with E-state index in [1.165, 1.54) is 21.7 Å². The highest BCUT2D eigenvalue weighted by molar-refractivity contribution is 8.44. The summed E-state index contributed by atoms with van der Waals surface area (Å²) in [5.74, 6) is 0.0526. The van der Waals surface area contributed by atoms with Gasteiger partial charge in [0.1, 0.15) is 47.8 Å². The van der Waals surface area contributed by atoms with Gasteiger partial charge in [-0.2, -0.15) is 0 Å². The summed E-state index contributed by atoms with van der Waals surface area (Å²) in [4.78, 5) is 41.9. The largest absolute Gasteiger partial charge is 0.387 e. The van der Waals surface area contributed by atoms with Gasteiger partial charge in [0.05, 0.1) is 30.9 Å². The molecule has 5 N–H and O–H groups in total. The van der Waals surface area contributed by atoms with Crippen molar-refractivity contribution in [3.05, 3.63) is 40.6 Å². The lowest BCUT2D eigenvalue weighted by molar-refractivity contribution is -0.0583. The van der Waals surface area contributed by atoms with Gasteiger partial charge in [0.15, 0.2) is 35.7 Å². The van der Waals surface area contributed by atoms with Gasteiger partial charge in [-0.1, -0.05) is 23.8 Å². The van der Waals surface area contributed by atoms with Gasteiger partial charge in [-0.05, 0) is 11.8 Å².